The molecule has 0 N–H and O–H groups in total. The number of benzene rings is 8. The lowest BCUT2D eigenvalue weighted by Gasteiger charge is -2.28. The van der Waals surface area contributed by atoms with Gasteiger partial charge in [-0.25, -0.2) is 0 Å². The first-order valence-electron chi connectivity index (χ1n) is 21.1. The minimum Gasteiger partial charge on any atom is -0.310 e. The quantitative estimate of drug-likeness (QED) is 0.163. The Morgan fingerprint density at radius 1 is 0.339 bits per heavy atom. The summed E-state index contributed by atoms with van der Waals surface area (Å²) in [6.07, 6.45) is 0. The molecule has 8 aromatic carbocycles. The van der Waals surface area contributed by atoms with E-state index in [0.29, 0.717) is 0 Å². The smallest absolute Gasteiger partial charge is 0.0465 e. The van der Waals surface area contributed by atoms with E-state index in [1.54, 1.807) is 0 Å². The van der Waals surface area contributed by atoms with Crippen molar-refractivity contribution in [2.24, 2.45) is 0 Å². The topological polar surface area (TPSA) is 3.24 Å². The van der Waals surface area contributed by atoms with Gasteiger partial charge in [0.2, 0.25) is 0 Å². The first-order valence-corrected chi connectivity index (χ1v) is 21.1. The van der Waals surface area contributed by atoms with E-state index in [1.165, 1.54) is 83.5 Å². The predicted molar refractivity (Wildman–Crippen MR) is 251 cm³/mol. The summed E-state index contributed by atoms with van der Waals surface area (Å²) in [4.78, 5) is 2.41. The molecule has 0 amide bonds. The zero-order chi connectivity index (χ0) is 40.7. The van der Waals surface area contributed by atoms with Crippen LogP contribution in [0.15, 0.2) is 182 Å². The molecule has 0 aromatic heterocycles. The van der Waals surface area contributed by atoms with Crippen LogP contribution in [-0.2, 0) is 16.2 Å². The number of anilines is 3. The van der Waals surface area contributed by atoms with Gasteiger partial charge in [-0.3, -0.25) is 0 Å². The van der Waals surface area contributed by atoms with Gasteiger partial charge in [0.15, 0.2) is 0 Å². The van der Waals surface area contributed by atoms with Crippen LogP contribution in [0.2, 0.25) is 0 Å². The summed E-state index contributed by atoms with van der Waals surface area (Å²) < 4.78 is 0. The summed E-state index contributed by atoms with van der Waals surface area (Å²) >= 11 is 0. The lowest BCUT2D eigenvalue weighted by atomic mass is 9.76. The fourth-order valence-electron chi connectivity index (χ4n) is 9.93. The van der Waals surface area contributed by atoms with Crippen molar-refractivity contribution < 1.29 is 0 Å². The summed E-state index contributed by atoms with van der Waals surface area (Å²) in [5, 5.41) is 0. The molecule has 10 rings (SSSR count). The average molecular weight is 762 g/mol. The van der Waals surface area contributed by atoms with Crippen molar-refractivity contribution in [3.63, 3.8) is 0 Å². The van der Waals surface area contributed by atoms with Crippen LogP contribution in [0.1, 0.15) is 76.3 Å². The van der Waals surface area contributed by atoms with Crippen molar-refractivity contribution in [1.82, 2.24) is 0 Å². The second-order valence-corrected chi connectivity index (χ2v) is 18.6. The molecule has 0 spiro atoms. The maximum absolute atomic E-state index is 2.46. The van der Waals surface area contributed by atoms with Gasteiger partial charge in [0.1, 0.15) is 0 Å². The Morgan fingerprint density at radius 2 is 0.797 bits per heavy atom. The molecule has 1 heteroatoms. The Kier molecular flexibility index (Phi) is 8.48. The fraction of sp³-hybridized carbons (Fsp3) is 0.172. The largest absolute Gasteiger partial charge is 0.310 e. The molecule has 8 aromatic rings. The van der Waals surface area contributed by atoms with E-state index >= 15 is 0 Å². The molecule has 0 saturated carbocycles. The van der Waals surface area contributed by atoms with Crippen molar-refractivity contribution in [3.05, 3.63) is 210 Å². The summed E-state index contributed by atoms with van der Waals surface area (Å²) in [6, 6.07) is 67.8. The van der Waals surface area contributed by atoms with Gasteiger partial charge in [0.05, 0.1) is 0 Å². The van der Waals surface area contributed by atoms with E-state index in [4.69, 9.17) is 0 Å². The lowest BCUT2D eigenvalue weighted by Crippen LogP contribution is -2.18. The van der Waals surface area contributed by atoms with Crippen molar-refractivity contribution in [2.45, 2.75) is 64.7 Å². The fourth-order valence-corrected chi connectivity index (χ4v) is 9.93. The minimum atomic E-state index is -0.161. The zero-order valence-corrected chi connectivity index (χ0v) is 35.3. The highest BCUT2D eigenvalue weighted by atomic mass is 15.1. The van der Waals surface area contributed by atoms with Crippen LogP contribution in [0.3, 0.4) is 0 Å². The van der Waals surface area contributed by atoms with Crippen LogP contribution in [-0.4, -0.2) is 0 Å². The Balaban J connectivity index is 1.05. The van der Waals surface area contributed by atoms with E-state index in [0.717, 1.165) is 17.1 Å². The van der Waals surface area contributed by atoms with Gasteiger partial charge in [-0.05, 0) is 131 Å². The zero-order valence-electron chi connectivity index (χ0n) is 35.3. The van der Waals surface area contributed by atoms with Crippen LogP contribution >= 0.6 is 0 Å². The van der Waals surface area contributed by atoms with E-state index in [9.17, 15) is 0 Å². The number of fused-ring (bicyclic) bond motifs is 6. The maximum Gasteiger partial charge on any atom is 0.0465 e. The highest BCUT2D eigenvalue weighted by Gasteiger charge is 2.39. The van der Waals surface area contributed by atoms with E-state index < -0.39 is 0 Å². The van der Waals surface area contributed by atoms with Crippen LogP contribution in [0.5, 0.6) is 0 Å². The third kappa shape index (κ3) is 6.06. The van der Waals surface area contributed by atoms with Gasteiger partial charge in [-0.2, -0.15) is 0 Å². The number of rotatable bonds is 6. The monoisotopic (exact) mass is 761 g/mol. The number of nitrogens with zero attached hydrogens (tertiary/aromatic N) is 1. The predicted octanol–water partition coefficient (Wildman–Crippen LogP) is 16.1. The van der Waals surface area contributed by atoms with E-state index in [1.807, 2.05) is 0 Å². The minimum absolute atomic E-state index is 0.0337. The molecule has 0 unspecified atom stereocenters. The summed E-state index contributed by atoms with van der Waals surface area (Å²) in [5.41, 5.74) is 23.0. The first kappa shape index (κ1) is 36.9. The number of hydrogen-bond donors (Lipinski definition) is 0. The van der Waals surface area contributed by atoms with Gasteiger partial charge in [0, 0.05) is 27.9 Å². The summed E-state index contributed by atoms with van der Waals surface area (Å²) in [7, 11) is 0. The Hall–Kier alpha value is -6.44. The van der Waals surface area contributed by atoms with Crippen molar-refractivity contribution in [3.8, 4) is 55.6 Å². The molecule has 59 heavy (non-hydrogen) atoms. The SMILES string of the molecule is CC(C)(C)c1cc(-c2ccccc2)c2c(c1)-c1ccc(-c3ccc(N(c4ccc(-c5ccccc5)cc4)c4ccc5c(c4)C(C)(C)c4ccccc4-5)cc3)cc1C2(C)C. The van der Waals surface area contributed by atoms with Crippen LogP contribution in [0.4, 0.5) is 17.1 Å². The Labute approximate surface area is 350 Å². The molecular formula is C58H51N. The van der Waals surface area contributed by atoms with Crippen molar-refractivity contribution in [2.75, 3.05) is 4.90 Å². The lowest BCUT2D eigenvalue weighted by molar-refractivity contribution is 0.589. The standard InChI is InChI=1S/C58H51N/c1-56(2,3)43-35-50(41-18-12-9-13-19-41)55-51(36-43)49-32-26-42(34-53(49)58(55,6)7)40-24-29-45(30-25-40)59(44-27-22-39(23-28-44)38-16-10-8-11-17-38)46-31-33-48-47-20-14-15-21-52(47)57(4,5)54(48)37-46/h8-37H,1-7H3. The molecule has 288 valence electrons. The van der Waals surface area contributed by atoms with Gasteiger partial charge in [-0.15, -0.1) is 0 Å². The second-order valence-electron chi connectivity index (χ2n) is 18.6. The molecule has 0 heterocycles. The van der Waals surface area contributed by atoms with Crippen molar-refractivity contribution in [1.29, 1.82) is 0 Å². The summed E-state index contributed by atoms with van der Waals surface area (Å²) in [5.74, 6) is 0. The Morgan fingerprint density at radius 3 is 1.44 bits per heavy atom. The average Bonchev–Trinajstić information content (AvgIpc) is 3.63. The highest BCUT2D eigenvalue weighted by Crippen LogP contribution is 2.55. The van der Waals surface area contributed by atoms with Gasteiger partial charge in [-0.1, -0.05) is 188 Å². The van der Waals surface area contributed by atoms with Gasteiger partial charge in [0.25, 0.3) is 0 Å². The van der Waals surface area contributed by atoms with Crippen LogP contribution in [0.25, 0.3) is 55.6 Å². The van der Waals surface area contributed by atoms with E-state index in [2.05, 4.69) is 235 Å². The molecule has 1 nitrogen and oxygen atoms in total. The molecule has 0 atom stereocenters. The molecule has 0 radical (unpaired) electrons. The molecule has 2 aliphatic rings. The molecule has 0 bridgehead atoms. The number of hydrogen-bond acceptors (Lipinski definition) is 1. The maximum atomic E-state index is 2.46. The van der Waals surface area contributed by atoms with Crippen molar-refractivity contribution >= 4 is 17.1 Å². The molecular weight excluding hydrogens is 711 g/mol. The van der Waals surface area contributed by atoms with Crippen LogP contribution < -0.4 is 4.90 Å². The highest BCUT2D eigenvalue weighted by molar-refractivity contribution is 5.91. The summed E-state index contributed by atoms with van der Waals surface area (Å²) in [6.45, 7) is 16.5. The molecule has 0 saturated heterocycles. The Bertz CT molecular complexity index is 2870. The van der Waals surface area contributed by atoms with Crippen LogP contribution in [0, 0.1) is 0 Å². The van der Waals surface area contributed by atoms with E-state index in [-0.39, 0.29) is 16.2 Å². The molecule has 0 aliphatic heterocycles. The second kappa shape index (κ2) is 13.6. The third-order valence-electron chi connectivity index (χ3n) is 13.2. The van der Waals surface area contributed by atoms with Gasteiger partial charge < -0.3 is 4.90 Å². The first-order chi connectivity index (χ1) is 28.4. The third-order valence-corrected chi connectivity index (χ3v) is 13.2. The molecule has 2 aliphatic carbocycles. The molecule has 0 fully saturated rings. The normalized spacial score (nSPS) is 14.3. The van der Waals surface area contributed by atoms with Gasteiger partial charge >= 0.3 is 0 Å².